The summed E-state index contributed by atoms with van der Waals surface area (Å²) in [5, 5.41) is 29.0. The van der Waals surface area contributed by atoms with Crippen LogP contribution in [-0.2, 0) is 6.42 Å². The molecule has 3 N–H and O–H groups in total. The molecule has 108 valence electrons. The number of rotatable bonds is 4. The Kier molecular flexibility index (Phi) is 4.28. The van der Waals surface area contributed by atoms with Crippen LogP contribution in [0.4, 0.5) is 5.69 Å². The summed E-state index contributed by atoms with van der Waals surface area (Å²) in [5.74, 6) is 0.0133. The molecule has 0 atom stereocenters. The fraction of sp³-hybridized carbons (Fsp3) is 0.118. The number of hydrogen-bond donors (Lipinski definition) is 1. The van der Waals surface area contributed by atoms with Crippen LogP contribution >= 0.6 is 0 Å². The van der Waals surface area contributed by atoms with E-state index < -0.39 is 0 Å². The van der Waals surface area contributed by atoms with Crippen molar-refractivity contribution in [3.63, 3.8) is 0 Å². The summed E-state index contributed by atoms with van der Waals surface area (Å²) in [6.07, 6.45) is 2.27. The molecule has 0 aliphatic carbocycles. The topological polar surface area (TPSA) is 78.5 Å². The molecular formula is C17H17NO3. The largest absolute Gasteiger partial charge is 0.872 e. The fourth-order valence-electron chi connectivity index (χ4n) is 1.87. The molecule has 2 rings (SSSR count). The third-order valence-corrected chi connectivity index (χ3v) is 3.16. The summed E-state index contributed by atoms with van der Waals surface area (Å²) in [5.41, 5.74) is 2.42. The molecule has 21 heavy (non-hydrogen) atoms. The highest BCUT2D eigenvalue weighted by Gasteiger charge is 2.04. The molecule has 0 spiro atoms. The van der Waals surface area contributed by atoms with Crippen molar-refractivity contribution in [2.45, 2.75) is 13.3 Å². The molecule has 2 aromatic carbocycles. The van der Waals surface area contributed by atoms with Crippen molar-refractivity contribution >= 4 is 17.7 Å². The highest BCUT2D eigenvalue weighted by atomic mass is 16.3. The smallest absolute Gasteiger partial charge is 0.280 e. The van der Waals surface area contributed by atoms with Gasteiger partial charge in [0.2, 0.25) is 0 Å². The molecular weight excluding hydrogens is 266 g/mol. The van der Waals surface area contributed by atoms with E-state index >= 15 is 0 Å². The predicted octanol–water partition coefficient (Wildman–Crippen LogP) is 3.04. The molecule has 0 unspecified atom stereocenters. The van der Waals surface area contributed by atoms with Crippen LogP contribution in [0, 0.1) is 0 Å². The Bertz CT molecular complexity index is 705. The Morgan fingerprint density at radius 2 is 2.10 bits per heavy atom. The number of nitrogens with zero attached hydrogens (tertiary/aromatic N) is 1. The van der Waals surface area contributed by atoms with Crippen molar-refractivity contribution in [3.05, 3.63) is 59.7 Å². The number of aliphatic hydroxyl groups excluding tert-OH is 1. The quantitative estimate of drug-likeness (QED) is 0.531. The predicted molar refractivity (Wildman–Crippen MR) is 83.7 cm³/mol. The summed E-state index contributed by atoms with van der Waals surface area (Å²) >= 11 is 0. The fourth-order valence-corrected chi connectivity index (χ4v) is 1.87. The van der Waals surface area contributed by atoms with E-state index in [1.807, 2.05) is 19.1 Å². The molecule has 0 aliphatic rings. The lowest BCUT2D eigenvalue weighted by Gasteiger charge is -2.11. The number of hydrogen-bond acceptors (Lipinski definition) is 3. The van der Waals surface area contributed by atoms with Gasteiger partial charge in [0.15, 0.2) is 5.69 Å². The zero-order valence-electron chi connectivity index (χ0n) is 11.8. The third kappa shape index (κ3) is 3.42. The van der Waals surface area contributed by atoms with Crippen molar-refractivity contribution < 1.29 is 15.3 Å². The minimum atomic E-state index is -0.193. The van der Waals surface area contributed by atoms with Gasteiger partial charge >= 0.3 is 0 Å². The Morgan fingerprint density at radius 3 is 2.76 bits per heavy atom. The Morgan fingerprint density at radius 1 is 1.33 bits per heavy atom. The van der Waals surface area contributed by atoms with Crippen LogP contribution in [-0.4, -0.2) is 16.4 Å². The second kappa shape index (κ2) is 6.13. The van der Waals surface area contributed by atoms with Gasteiger partial charge in [-0.1, -0.05) is 25.6 Å². The SMILES string of the molecule is C=C(O)c1ccc([O-])c(C=Nc2cc(CC)ccc2[OH2+])c1. The Balaban J connectivity index is 2.37. The highest BCUT2D eigenvalue weighted by Crippen LogP contribution is 2.28. The summed E-state index contributed by atoms with van der Waals surface area (Å²) < 4.78 is 0. The average molecular weight is 283 g/mol. The highest BCUT2D eigenvalue weighted by molar-refractivity contribution is 5.87. The molecule has 0 aromatic heterocycles. The first-order valence-corrected chi connectivity index (χ1v) is 6.59. The van der Waals surface area contributed by atoms with Gasteiger partial charge in [0, 0.05) is 17.8 Å². The molecule has 0 amide bonds. The van der Waals surface area contributed by atoms with Gasteiger partial charge in [0.1, 0.15) is 5.76 Å². The maximum Gasteiger partial charge on any atom is 0.280 e. The standard InChI is InChI=1S/C17H17NO3/c1-3-12-4-6-17(21)15(8-12)18-10-14-9-13(11(2)19)5-7-16(14)20/h4-10,19-21H,2-3H2,1H3. The van der Waals surface area contributed by atoms with E-state index in [4.69, 9.17) is 5.11 Å². The van der Waals surface area contributed by atoms with E-state index in [1.165, 1.54) is 24.4 Å². The number of aliphatic imine (C=N–C) groups is 1. The summed E-state index contributed by atoms with van der Waals surface area (Å²) in [6, 6.07) is 9.81. The van der Waals surface area contributed by atoms with Crippen molar-refractivity contribution in [2.24, 2.45) is 4.99 Å². The maximum absolute atomic E-state index is 11.8. The van der Waals surface area contributed by atoms with E-state index in [0.717, 1.165) is 12.0 Å². The van der Waals surface area contributed by atoms with Gasteiger partial charge in [0.05, 0.1) is 0 Å². The van der Waals surface area contributed by atoms with E-state index in [1.54, 1.807) is 6.07 Å². The first-order chi connectivity index (χ1) is 10.0. The lowest BCUT2D eigenvalue weighted by atomic mass is 10.1. The minimum absolute atomic E-state index is 0.0983. The molecule has 0 aliphatic heterocycles. The van der Waals surface area contributed by atoms with Gasteiger partial charge < -0.3 is 15.3 Å². The van der Waals surface area contributed by atoms with E-state index in [2.05, 4.69) is 11.6 Å². The maximum atomic E-state index is 11.8. The normalized spacial score (nSPS) is 10.9. The van der Waals surface area contributed by atoms with Crippen LogP contribution in [0.25, 0.3) is 5.76 Å². The first kappa shape index (κ1) is 14.7. The summed E-state index contributed by atoms with van der Waals surface area (Å²) in [7, 11) is 0. The van der Waals surface area contributed by atoms with E-state index in [-0.39, 0.29) is 11.5 Å². The van der Waals surface area contributed by atoms with Crippen LogP contribution in [0.15, 0.2) is 48.0 Å². The van der Waals surface area contributed by atoms with Crippen LogP contribution in [0.3, 0.4) is 0 Å². The summed E-state index contributed by atoms with van der Waals surface area (Å²) in [6.45, 7) is 5.46. The first-order valence-electron chi connectivity index (χ1n) is 6.59. The number of benzene rings is 2. The molecule has 0 bridgehead atoms. The van der Waals surface area contributed by atoms with Crippen LogP contribution in [0.2, 0.25) is 0 Å². The third-order valence-electron chi connectivity index (χ3n) is 3.16. The van der Waals surface area contributed by atoms with Gasteiger partial charge in [-0.05, 0) is 35.7 Å². The molecule has 2 aromatic rings. The van der Waals surface area contributed by atoms with E-state index in [0.29, 0.717) is 22.6 Å². The molecule has 0 saturated heterocycles. The van der Waals surface area contributed by atoms with Gasteiger partial charge in [0.25, 0.3) is 5.75 Å². The second-order valence-electron chi connectivity index (χ2n) is 4.66. The van der Waals surface area contributed by atoms with Crippen LogP contribution in [0.5, 0.6) is 11.5 Å². The second-order valence-corrected chi connectivity index (χ2v) is 4.66. The Hall–Kier alpha value is -2.75. The van der Waals surface area contributed by atoms with Gasteiger partial charge in [-0.2, -0.15) is 0 Å². The summed E-state index contributed by atoms with van der Waals surface area (Å²) in [4.78, 5) is 4.22. The molecule has 0 radical (unpaired) electrons. The molecule has 0 heterocycles. The monoisotopic (exact) mass is 283 g/mol. The van der Waals surface area contributed by atoms with E-state index in [9.17, 15) is 10.2 Å². The average Bonchev–Trinajstić information content (AvgIpc) is 2.47. The molecule has 0 saturated carbocycles. The lowest BCUT2D eigenvalue weighted by molar-refractivity contribution is -0.268. The Labute approximate surface area is 123 Å². The number of aliphatic hydroxyl groups is 1. The van der Waals surface area contributed by atoms with Crippen LogP contribution in [0.1, 0.15) is 23.6 Å². The molecule has 4 heteroatoms. The van der Waals surface area contributed by atoms with Crippen LogP contribution < -0.4 is 5.11 Å². The van der Waals surface area contributed by atoms with Crippen molar-refractivity contribution in [1.29, 1.82) is 0 Å². The molecule has 4 nitrogen and oxygen atoms in total. The zero-order valence-corrected chi connectivity index (χ0v) is 11.8. The van der Waals surface area contributed by atoms with Crippen molar-refractivity contribution in [2.75, 3.05) is 0 Å². The molecule has 0 fully saturated rings. The zero-order chi connectivity index (χ0) is 15.4. The minimum Gasteiger partial charge on any atom is -0.872 e. The van der Waals surface area contributed by atoms with Crippen molar-refractivity contribution in [3.8, 4) is 11.5 Å². The number of aryl methyl sites for hydroxylation is 1. The van der Waals surface area contributed by atoms with Crippen molar-refractivity contribution in [1.82, 2.24) is 0 Å². The van der Waals surface area contributed by atoms with Gasteiger partial charge in [-0.3, -0.25) is 0 Å². The van der Waals surface area contributed by atoms with Gasteiger partial charge in [-0.25, -0.2) is 4.99 Å². The lowest BCUT2D eigenvalue weighted by Crippen LogP contribution is -1.97. The van der Waals surface area contributed by atoms with Gasteiger partial charge in [-0.15, -0.1) is 5.75 Å².